The Bertz CT molecular complexity index is 361. The molecule has 1 aliphatic carbocycles. The Morgan fingerprint density at radius 2 is 2.19 bits per heavy atom. The van der Waals surface area contributed by atoms with Crippen molar-refractivity contribution in [2.75, 3.05) is 33.2 Å². The van der Waals surface area contributed by atoms with Gasteiger partial charge in [-0.3, -0.25) is 9.69 Å². The average molecular weight is 293 g/mol. The van der Waals surface area contributed by atoms with E-state index < -0.39 is 0 Å². The quantitative estimate of drug-likeness (QED) is 0.816. The van der Waals surface area contributed by atoms with Gasteiger partial charge in [0.15, 0.2) is 0 Å². The van der Waals surface area contributed by atoms with E-state index in [4.69, 9.17) is 0 Å². The zero-order valence-corrected chi connectivity index (χ0v) is 13.7. The minimum atomic E-state index is 0.254. The molecule has 1 saturated heterocycles. The number of piperidine rings is 1. The van der Waals surface area contributed by atoms with E-state index >= 15 is 0 Å². The number of rotatable bonds is 6. The summed E-state index contributed by atoms with van der Waals surface area (Å²) in [6.07, 6.45) is 10.8. The van der Waals surface area contributed by atoms with E-state index in [0.717, 1.165) is 32.5 Å². The molecule has 4 heteroatoms. The van der Waals surface area contributed by atoms with Crippen LogP contribution < -0.4 is 5.32 Å². The highest BCUT2D eigenvalue weighted by Crippen LogP contribution is 2.21. The summed E-state index contributed by atoms with van der Waals surface area (Å²) in [5.74, 6) is 0.254. The molecule has 0 aromatic carbocycles. The molecule has 21 heavy (non-hydrogen) atoms. The van der Waals surface area contributed by atoms with E-state index in [1.807, 2.05) is 4.90 Å². The molecule has 4 nitrogen and oxygen atoms in total. The number of hydrogen-bond donors (Lipinski definition) is 1. The first-order chi connectivity index (χ1) is 10.2. The standard InChI is InChI=1S/C17H31N3O/c1-3-20(16-10-5-4-6-11-16)17(21)14-19(2)13-15-9-7-8-12-18-15/h10,15,18H,3-9,11-14H2,1-2H3. The zero-order valence-electron chi connectivity index (χ0n) is 13.7. The van der Waals surface area contributed by atoms with Gasteiger partial charge in [-0.25, -0.2) is 0 Å². The summed E-state index contributed by atoms with van der Waals surface area (Å²) in [6.45, 7) is 5.50. The van der Waals surface area contributed by atoms with Crippen molar-refractivity contribution in [3.8, 4) is 0 Å². The maximum Gasteiger partial charge on any atom is 0.240 e. The summed E-state index contributed by atoms with van der Waals surface area (Å²) in [6, 6.07) is 0.556. The largest absolute Gasteiger partial charge is 0.316 e. The molecule has 1 atom stereocenters. The lowest BCUT2D eigenvalue weighted by Crippen LogP contribution is -2.46. The van der Waals surface area contributed by atoms with E-state index in [1.54, 1.807) is 0 Å². The van der Waals surface area contributed by atoms with Crippen LogP contribution in [0.3, 0.4) is 0 Å². The predicted molar refractivity (Wildman–Crippen MR) is 87.1 cm³/mol. The van der Waals surface area contributed by atoms with E-state index in [0.29, 0.717) is 12.6 Å². The normalized spacial score (nSPS) is 23.0. The van der Waals surface area contributed by atoms with E-state index in [1.165, 1.54) is 37.8 Å². The van der Waals surface area contributed by atoms with Crippen LogP contribution >= 0.6 is 0 Å². The third-order valence-electron chi connectivity index (χ3n) is 4.58. The summed E-state index contributed by atoms with van der Waals surface area (Å²) in [4.78, 5) is 16.7. The summed E-state index contributed by atoms with van der Waals surface area (Å²) in [5.41, 5.74) is 1.25. The molecule has 120 valence electrons. The van der Waals surface area contributed by atoms with Crippen LogP contribution in [0.15, 0.2) is 11.8 Å². The molecule has 1 aliphatic heterocycles. The molecule has 0 aromatic rings. The Kier molecular flexibility index (Phi) is 6.71. The molecular weight excluding hydrogens is 262 g/mol. The molecule has 1 N–H and O–H groups in total. The molecule has 0 spiro atoms. The van der Waals surface area contributed by atoms with Crippen LogP contribution in [0.5, 0.6) is 0 Å². The molecule has 1 unspecified atom stereocenters. The SMILES string of the molecule is CCN(C(=O)CN(C)CC1CCCCN1)C1=CCCCC1. The van der Waals surface area contributed by atoms with Gasteiger partial charge in [0.25, 0.3) is 0 Å². The first-order valence-corrected chi connectivity index (χ1v) is 8.62. The van der Waals surface area contributed by atoms with Crippen molar-refractivity contribution < 1.29 is 4.79 Å². The van der Waals surface area contributed by atoms with Crippen LogP contribution in [-0.2, 0) is 4.79 Å². The van der Waals surface area contributed by atoms with Gasteiger partial charge in [0, 0.05) is 24.8 Å². The van der Waals surface area contributed by atoms with Crippen molar-refractivity contribution in [1.29, 1.82) is 0 Å². The van der Waals surface area contributed by atoms with E-state index in [2.05, 4.69) is 30.3 Å². The minimum Gasteiger partial charge on any atom is -0.316 e. The molecule has 0 radical (unpaired) electrons. The Balaban J connectivity index is 1.81. The number of carbonyl (C=O) groups excluding carboxylic acids is 1. The van der Waals surface area contributed by atoms with Gasteiger partial charge in [0.05, 0.1) is 6.54 Å². The Labute approximate surface area is 129 Å². The molecule has 0 bridgehead atoms. The lowest BCUT2D eigenvalue weighted by Gasteiger charge is -2.31. The average Bonchev–Trinajstić information content (AvgIpc) is 2.50. The van der Waals surface area contributed by atoms with Gasteiger partial charge in [-0.15, -0.1) is 0 Å². The minimum absolute atomic E-state index is 0.254. The fourth-order valence-corrected chi connectivity index (χ4v) is 3.44. The van der Waals surface area contributed by atoms with Crippen molar-refractivity contribution in [2.24, 2.45) is 0 Å². The Morgan fingerprint density at radius 1 is 1.33 bits per heavy atom. The highest BCUT2D eigenvalue weighted by atomic mass is 16.2. The van der Waals surface area contributed by atoms with Crippen molar-refractivity contribution in [3.63, 3.8) is 0 Å². The van der Waals surface area contributed by atoms with Crippen LogP contribution in [0.25, 0.3) is 0 Å². The summed E-state index contributed by atoms with van der Waals surface area (Å²) < 4.78 is 0. The molecule has 0 saturated carbocycles. The lowest BCUT2D eigenvalue weighted by atomic mass is 10.0. The second-order valence-electron chi connectivity index (χ2n) is 6.42. The second-order valence-corrected chi connectivity index (χ2v) is 6.42. The third-order valence-corrected chi connectivity index (χ3v) is 4.58. The first kappa shape index (κ1) is 16.5. The Morgan fingerprint density at radius 3 is 2.81 bits per heavy atom. The van der Waals surface area contributed by atoms with Gasteiger partial charge in [-0.2, -0.15) is 0 Å². The predicted octanol–water partition coefficient (Wildman–Crippen LogP) is 2.37. The highest BCUT2D eigenvalue weighted by Gasteiger charge is 2.21. The number of carbonyl (C=O) groups is 1. The monoisotopic (exact) mass is 293 g/mol. The van der Waals surface area contributed by atoms with E-state index in [-0.39, 0.29) is 5.91 Å². The van der Waals surface area contributed by atoms with Gasteiger partial charge in [-0.1, -0.05) is 12.5 Å². The number of nitrogens with zero attached hydrogens (tertiary/aromatic N) is 2. The third kappa shape index (κ3) is 5.11. The van der Waals surface area contributed by atoms with Crippen LogP contribution in [0.2, 0.25) is 0 Å². The molecule has 1 heterocycles. The molecule has 0 aromatic heterocycles. The topological polar surface area (TPSA) is 35.6 Å². The lowest BCUT2D eigenvalue weighted by molar-refractivity contribution is -0.130. The van der Waals surface area contributed by atoms with E-state index in [9.17, 15) is 4.79 Å². The summed E-state index contributed by atoms with van der Waals surface area (Å²) in [5, 5.41) is 3.55. The van der Waals surface area contributed by atoms with Gasteiger partial charge < -0.3 is 10.2 Å². The molecule has 1 amide bonds. The Hall–Kier alpha value is -0.870. The van der Waals surface area contributed by atoms with Crippen molar-refractivity contribution in [1.82, 2.24) is 15.1 Å². The molecule has 2 aliphatic rings. The first-order valence-electron chi connectivity index (χ1n) is 8.62. The second kappa shape index (κ2) is 8.54. The fraction of sp³-hybridized carbons (Fsp3) is 0.824. The van der Waals surface area contributed by atoms with Gasteiger partial charge >= 0.3 is 0 Å². The van der Waals surface area contributed by atoms with Gasteiger partial charge in [0.2, 0.25) is 5.91 Å². The van der Waals surface area contributed by atoms with Crippen LogP contribution in [0.1, 0.15) is 51.9 Å². The number of allylic oxidation sites excluding steroid dienone is 2. The molecule has 1 fully saturated rings. The van der Waals surface area contributed by atoms with Crippen LogP contribution in [0, 0.1) is 0 Å². The molecular formula is C17H31N3O. The maximum atomic E-state index is 12.5. The van der Waals surface area contributed by atoms with Crippen LogP contribution in [0.4, 0.5) is 0 Å². The molecule has 2 rings (SSSR count). The zero-order chi connectivity index (χ0) is 15.1. The maximum absolute atomic E-state index is 12.5. The van der Waals surface area contributed by atoms with Crippen molar-refractivity contribution in [3.05, 3.63) is 11.8 Å². The highest BCUT2D eigenvalue weighted by molar-refractivity contribution is 5.80. The van der Waals surface area contributed by atoms with Crippen LogP contribution in [-0.4, -0.2) is 55.0 Å². The summed E-state index contributed by atoms with van der Waals surface area (Å²) in [7, 11) is 2.07. The summed E-state index contributed by atoms with van der Waals surface area (Å²) >= 11 is 0. The van der Waals surface area contributed by atoms with Crippen molar-refractivity contribution in [2.45, 2.75) is 57.9 Å². The van der Waals surface area contributed by atoms with Crippen molar-refractivity contribution >= 4 is 5.91 Å². The number of amides is 1. The number of likely N-dealkylation sites (N-methyl/N-ethyl adjacent to an activating group) is 2. The number of hydrogen-bond acceptors (Lipinski definition) is 3. The smallest absolute Gasteiger partial charge is 0.240 e. The van der Waals surface area contributed by atoms with Gasteiger partial charge in [-0.05, 0) is 59.0 Å². The van der Waals surface area contributed by atoms with Gasteiger partial charge in [0.1, 0.15) is 0 Å². The fourth-order valence-electron chi connectivity index (χ4n) is 3.44. The number of nitrogens with one attached hydrogen (secondary N) is 1.